The van der Waals surface area contributed by atoms with Crippen LogP contribution in [0.15, 0.2) is 35.6 Å². The smallest absolute Gasteiger partial charge is 0.347 e. The monoisotopic (exact) mass is 565 g/mol. The third-order valence-electron chi connectivity index (χ3n) is 5.18. The summed E-state index contributed by atoms with van der Waals surface area (Å²) < 4.78 is 39.0. The molecule has 0 saturated carbocycles. The average molecular weight is 565 g/mol. The number of likely N-dealkylation sites (N-methyl/N-ethyl adjacent to an activating group) is 1. The maximum absolute atomic E-state index is 13.0. The van der Waals surface area contributed by atoms with Gasteiger partial charge in [0, 0.05) is 33.1 Å². The summed E-state index contributed by atoms with van der Waals surface area (Å²) in [6.07, 6.45) is -1.28. The summed E-state index contributed by atoms with van der Waals surface area (Å²) in [5.41, 5.74) is -0.255. The number of carbonyl (C=O) groups is 1. The van der Waals surface area contributed by atoms with Crippen LogP contribution >= 0.6 is 24.0 Å². The minimum Gasteiger partial charge on any atom is -0.347 e. The van der Waals surface area contributed by atoms with Crippen LogP contribution in [0.4, 0.5) is 13.2 Å². The van der Waals surface area contributed by atoms with Gasteiger partial charge in [-0.2, -0.15) is 18.3 Å². The number of nitrogens with one attached hydrogen (secondary N) is 2. The van der Waals surface area contributed by atoms with E-state index in [4.69, 9.17) is 0 Å². The topological polar surface area (TPSA) is 89.5 Å². The minimum absolute atomic E-state index is 0. The number of aromatic nitrogens is 3. The van der Waals surface area contributed by atoms with Crippen molar-refractivity contribution in [3.63, 3.8) is 0 Å². The highest BCUT2D eigenvalue weighted by molar-refractivity contribution is 14.0. The fraction of sp³-hybridized carbons (Fsp3) is 0.500. The molecule has 176 valence electrons. The summed E-state index contributed by atoms with van der Waals surface area (Å²) in [6, 6.07) is 5.12. The largest absolute Gasteiger partial charge is 0.416 e. The van der Waals surface area contributed by atoms with E-state index in [9.17, 15) is 18.0 Å². The molecule has 1 amide bonds. The van der Waals surface area contributed by atoms with Gasteiger partial charge >= 0.3 is 6.18 Å². The highest BCUT2D eigenvalue weighted by Gasteiger charge is 2.30. The Morgan fingerprint density at radius 3 is 2.62 bits per heavy atom. The van der Waals surface area contributed by atoms with Crippen molar-refractivity contribution in [2.75, 3.05) is 33.7 Å². The van der Waals surface area contributed by atoms with Gasteiger partial charge in [0.25, 0.3) is 0 Å². The zero-order chi connectivity index (χ0) is 22.4. The van der Waals surface area contributed by atoms with Gasteiger partial charge in [0.15, 0.2) is 5.96 Å². The molecular formula is C20H27F3IN7O. The number of benzene rings is 1. The van der Waals surface area contributed by atoms with Gasteiger partial charge in [0.1, 0.15) is 12.2 Å². The second-order valence-electron chi connectivity index (χ2n) is 7.61. The summed E-state index contributed by atoms with van der Waals surface area (Å²) in [6.45, 7) is 1.48. The van der Waals surface area contributed by atoms with E-state index < -0.39 is 11.7 Å². The van der Waals surface area contributed by atoms with Crippen molar-refractivity contribution in [2.45, 2.75) is 31.5 Å². The third kappa shape index (κ3) is 7.07. The first-order valence-electron chi connectivity index (χ1n) is 9.99. The second-order valence-corrected chi connectivity index (χ2v) is 7.61. The number of nitrogens with zero attached hydrogens (tertiary/aromatic N) is 5. The SMILES string of the molecule is CN(C)C(=O)CNC(=NCc1cccc(C(F)(F)F)c1)N1CCC(c2ncn[nH]2)CC1.I. The van der Waals surface area contributed by atoms with E-state index in [1.807, 2.05) is 4.90 Å². The number of likely N-dealkylation sites (tertiary alicyclic amines) is 1. The zero-order valence-electron chi connectivity index (χ0n) is 17.9. The van der Waals surface area contributed by atoms with Crippen LogP contribution in [0.2, 0.25) is 0 Å². The van der Waals surface area contributed by atoms with Crippen molar-refractivity contribution >= 4 is 35.8 Å². The summed E-state index contributed by atoms with van der Waals surface area (Å²) in [5.74, 6) is 1.48. The second kappa shape index (κ2) is 11.5. The Labute approximate surface area is 201 Å². The van der Waals surface area contributed by atoms with Crippen molar-refractivity contribution in [1.29, 1.82) is 0 Å². The molecule has 0 atom stereocenters. The van der Waals surface area contributed by atoms with Gasteiger partial charge in [-0.1, -0.05) is 12.1 Å². The van der Waals surface area contributed by atoms with E-state index in [2.05, 4.69) is 25.5 Å². The Kier molecular flexibility index (Phi) is 9.28. The van der Waals surface area contributed by atoms with Crippen LogP contribution in [-0.4, -0.2) is 70.6 Å². The molecule has 32 heavy (non-hydrogen) atoms. The van der Waals surface area contributed by atoms with E-state index in [1.54, 1.807) is 20.2 Å². The van der Waals surface area contributed by atoms with E-state index in [-0.39, 0.29) is 48.9 Å². The Morgan fingerprint density at radius 1 is 1.31 bits per heavy atom. The lowest BCUT2D eigenvalue weighted by Gasteiger charge is -2.33. The van der Waals surface area contributed by atoms with Gasteiger partial charge < -0.3 is 15.1 Å². The van der Waals surface area contributed by atoms with Crippen molar-refractivity contribution in [3.05, 3.63) is 47.5 Å². The predicted molar refractivity (Wildman–Crippen MR) is 125 cm³/mol. The standard InChI is InChI=1S/C20H26F3N7O.HI/c1-29(2)17(31)12-25-19(24-11-14-4-3-5-16(10-14)20(21,22)23)30-8-6-15(7-9-30)18-26-13-27-28-18;/h3-5,10,13,15H,6-9,11-12H2,1-2H3,(H,24,25)(H,26,27,28);1H. The fourth-order valence-corrected chi connectivity index (χ4v) is 3.37. The molecular weight excluding hydrogens is 538 g/mol. The first kappa shape index (κ1) is 25.9. The molecule has 0 unspecified atom stereocenters. The molecule has 2 heterocycles. The molecule has 8 nitrogen and oxygen atoms in total. The summed E-state index contributed by atoms with van der Waals surface area (Å²) in [7, 11) is 3.32. The number of amides is 1. The number of H-pyrrole nitrogens is 1. The van der Waals surface area contributed by atoms with Crippen LogP contribution < -0.4 is 5.32 Å². The maximum Gasteiger partial charge on any atom is 0.416 e. The Bertz CT molecular complexity index is 895. The van der Waals surface area contributed by atoms with Crippen LogP contribution in [-0.2, 0) is 17.5 Å². The van der Waals surface area contributed by atoms with Crippen LogP contribution in [0.3, 0.4) is 0 Å². The van der Waals surface area contributed by atoms with Crippen LogP contribution in [0.1, 0.15) is 35.7 Å². The average Bonchev–Trinajstić information content (AvgIpc) is 3.28. The quantitative estimate of drug-likeness (QED) is 0.331. The van der Waals surface area contributed by atoms with Gasteiger partial charge in [-0.3, -0.25) is 9.89 Å². The zero-order valence-corrected chi connectivity index (χ0v) is 20.2. The Balaban J connectivity index is 0.00000363. The molecule has 0 bridgehead atoms. The Hall–Kier alpha value is -2.38. The Morgan fingerprint density at radius 2 is 2.03 bits per heavy atom. The lowest BCUT2D eigenvalue weighted by molar-refractivity contribution is -0.137. The van der Waals surface area contributed by atoms with Crippen molar-refractivity contribution in [3.8, 4) is 0 Å². The molecule has 1 fully saturated rings. The number of hydrogen-bond donors (Lipinski definition) is 2. The molecule has 3 rings (SSSR count). The molecule has 1 saturated heterocycles. The van der Waals surface area contributed by atoms with Crippen molar-refractivity contribution in [1.82, 2.24) is 30.3 Å². The van der Waals surface area contributed by atoms with Crippen LogP contribution in [0.5, 0.6) is 0 Å². The third-order valence-corrected chi connectivity index (χ3v) is 5.18. The van der Waals surface area contributed by atoms with Crippen LogP contribution in [0, 0.1) is 0 Å². The predicted octanol–water partition coefficient (Wildman–Crippen LogP) is 2.85. The molecule has 2 aromatic rings. The normalized spacial score (nSPS) is 15.3. The molecule has 2 N–H and O–H groups in total. The van der Waals surface area contributed by atoms with E-state index in [0.717, 1.165) is 30.8 Å². The molecule has 0 aliphatic carbocycles. The number of halogens is 4. The number of rotatable bonds is 5. The number of piperidine rings is 1. The maximum atomic E-state index is 13.0. The van der Waals surface area contributed by atoms with Crippen LogP contribution in [0.25, 0.3) is 0 Å². The van der Waals surface area contributed by atoms with Gasteiger partial charge in [-0.15, -0.1) is 24.0 Å². The van der Waals surface area contributed by atoms with Gasteiger partial charge in [-0.25, -0.2) is 9.98 Å². The number of hydrogen-bond acceptors (Lipinski definition) is 4. The summed E-state index contributed by atoms with van der Waals surface area (Å²) in [4.78, 5) is 24.2. The van der Waals surface area contributed by atoms with Crippen molar-refractivity contribution < 1.29 is 18.0 Å². The molecule has 1 aliphatic rings. The number of guanidine groups is 1. The van der Waals surface area contributed by atoms with Gasteiger partial charge in [0.05, 0.1) is 18.7 Å². The summed E-state index contributed by atoms with van der Waals surface area (Å²) in [5, 5.41) is 9.86. The van der Waals surface area contributed by atoms with Crippen molar-refractivity contribution in [2.24, 2.45) is 4.99 Å². The lowest BCUT2D eigenvalue weighted by atomic mass is 9.96. The molecule has 12 heteroatoms. The fourth-order valence-electron chi connectivity index (χ4n) is 3.37. The number of alkyl halides is 3. The highest BCUT2D eigenvalue weighted by Crippen LogP contribution is 2.30. The first-order chi connectivity index (χ1) is 14.7. The lowest BCUT2D eigenvalue weighted by Crippen LogP contribution is -2.48. The molecule has 1 aliphatic heterocycles. The molecule has 1 aromatic heterocycles. The number of aliphatic imine (C=N–C) groups is 1. The molecule has 0 radical (unpaired) electrons. The van der Waals surface area contributed by atoms with E-state index >= 15 is 0 Å². The first-order valence-corrected chi connectivity index (χ1v) is 9.99. The molecule has 0 spiro atoms. The number of aromatic amines is 1. The van der Waals surface area contributed by atoms with Gasteiger partial charge in [0.2, 0.25) is 5.91 Å². The van der Waals surface area contributed by atoms with Gasteiger partial charge in [-0.05, 0) is 30.5 Å². The minimum atomic E-state index is -4.40. The van der Waals surface area contributed by atoms with E-state index in [1.165, 1.54) is 17.3 Å². The number of carbonyl (C=O) groups excluding carboxylic acids is 1. The highest BCUT2D eigenvalue weighted by atomic mass is 127. The molecule has 1 aromatic carbocycles. The van der Waals surface area contributed by atoms with E-state index in [0.29, 0.717) is 24.6 Å². The summed E-state index contributed by atoms with van der Waals surface area (Å²) >= 11 is 0.